The first-order valence-electron chi connectivity index (χ1n) is 5.27. The molecule has 0 radical (unpaired) electrons. The Morgan fingerprint density at radius 3 is 2.82 bits per heavy atom. The van der Waals surface area contributed by atoms with Crippen LogP contribution in [0, 0.1) is 5.92 Å². The molecule has 1 heterocycles. The van der Waals surface area contributed by atoms with E-state index >= 15 is 0 Å². The highest BCUT2D eigenvalue weighted by Gasteiger charge is 2.26. The number of nitrogens with zero attached hydrogens (tertiary/aromatic N) is 1. The Labute approximate surface area is 98.3 Å². The normalized spacial score (nSPS) is 16.7. The highest BCUT2D eigenvalue weighted by molar-refractivity contribution is 7.89. The van der Waals surface area contributed by atoms with Crippen LogP contribution in [0.15, 0.2) is 11.2 Å². The van der Waals surface area contributed by atoms with Crippen molar-refractivity contribution in [2.45, 2.75) is 24.3 Å². The van der Waals surface area contributed by atoms with Crippen molar-refractivity contribution < 1.29 is 18.3 Å². The first-order chi connectivity index (χ1) is 8.00. The molecule has 3 N–H and O–H groups in total. The third-order valence-corrected chi connectivity index (χ3v) is 4.29. The number of carboxylic acid groups (broad SMARTS) is 1. The summed E-state index contributed by atoms with van der Waals surface area (Å²) in [5.41, 5.74) is -0.342. The lowest BCUT2D eigenvalue weighted by atomic mass is 9.86. The predicted octanol–water partition coefficient (Wildman–Crippen LogP) is 0.186. The molecule has 0 spiro atoms. The molecule has 0 atom stereocenters. The summed E-state index contributed by atoms with van der Waals surface area (Å²) in [5, 5.41) is 14.1. The van der Waals surface area contributed by atoms with E-state index in [1.807, 2.05) is 0 Å². The summed E-state index contributed by atoms with van der Waals surface area (Å²) >= 11 is 0. The number of aromatic amines is 1. The number of rotatable bonds is 5. The van der Waals surface area contributed by atoms with E-state index < -0.39 is 16.0 Å². The van der Waals surface area contributed by atoms with E-state index in [-0.39, 0.29) is 10.6 Å². The summed E-state index contributed by atoms with van der Waals surface area (Å²) in [7, 11) is -3.81. The summed E-state index contributed by atoms with van der Waals surface area (Å²) in [4.78, 5) is 10.8. The van der Waals surface area contributed by atoms with Gasteiger partial charge in [0.2, 0.25) is 0 Å². The maximum atomic E-state index is 11.8. The molecule has 1 aromatic heterocycles. The summed E-state index contributed by atoms with van der Waals surface area (Å²) in [6, 6.07) is 0. The van der Waals surface area contributed by atoms with Gasteiger partial charge in [-0.3, -0.25) is 5.10 Å². The van der Waals surface area contributed by atoms with Gasteiger partial charge in [0.05, 0.1) is 6.20 Å². The highest BCUT2D eigenvalue weighted by Crippen LogP contribution is 2.25. The van der Waals surface area contributed by atoms with Crippen LogP contribution >= 0.6 is 0 Å². The lowest BCUT2D eigenvalue weighted by molar-refractivity contribution is 0.0692. The van der Waals surface area contributed by atoms with Gasteiger partial charge in [0, 0.05) is 6.54 Å². The van der Waals surface area contributed by atoms with Gasteiger partial charge in [-0.05, 0) is 18.8 Å². The minimum absolute atomic E-state index is 0.342. The van der Waals surface area contributed by atoms with Gasteiger partial charge in [-0.2, -0.15) is 5.10 Å². The molecule has 1 aromatic rings. The number of aromatic carboxylic acids is 1. The number of hydrogen-bond acceptors (Lipinski definition) is 4. The lowest BCUT2D eigenvalue weighted by Crippen LogP contribution is -2.33. The summed E-state index contributed by atoms with van der Waals surface area (Å²) in [6.45, 7) is 0.348. The van der Waals surface area contributed by atoms with Gasteiger partial charge in [0.1, 0.15) is 5.56 Å². The third-order valence-electron chi connectivity index (χ3n) is 2.89. The van der Waals surface area contributed by atoms with Crippen molar-refractivity contribution in [3.63, 3.8) is 0 Å². The molecule has 0 amide bonds. The Hall–Kier alpha value is -1.41. The Morgan fingerprint density at radius 2 is 2.29 bits per heavy atom. The van der Waals surface area contributed by atoms with Crippen LogP contribution < -0.4 is 4.72 Å². The Morgan fingerprint density at radius 1 is 1.59 bits per heavy atom. The second kappa shape index (κ2) is 4.46. The standard InChI is InChI=1S/C9H13N3O4S/c13-9(14)7-5-10-12-8(7)17(15,16)11-4-6-2-1-3-6/h5-6,11H,1-4H2,(H,10,12)(H,13,14). The fourth-order valence-corrected chi connectivity index (χ4v) is 2.83. The van der Waals surface area contributed by atoms with Crippen LogP contribution in [0.3, 0.4) is 0 Å². The van der Waals surface area contributed by atoms with Gasteiger partial charge >= 0.3 is 5.97 Å². The minimum Gasteiger partial charge on any atom is -0.478 e. The topological polar surface area (TPSA) is 112 Å². The number of carbonyl (C=O) groups is 1. The van der Waals surface area contributed by atoms with E-state index in [0.717, 1.165) is 25.5 Å². The smallest absolute Gasteiger partial charge is 0.340 e. The molecule has 7 nitrogen and oxygen atoms in total. The van der Waals surface area contributed by atoms with E-state index in [0.29, 0.717) is 12.5 Å². The third kappa shape index (κ3) is 2.47. The quantitative estimate of drug-likeness (QED) is 0.698. The molecule has 2 rings (SSSR count). The average Bonchev–Trinajstić information content (AvgIpc) is 2.63. The average molecular weight is 259 g/mol. The molecule has 1 aliphatic rings. The van der Waals surface area contributed by atoms with E-state index in [1.165, 1.54) is 0 Å². The zero-order valence-electron chi connectivity index (χ0n) is 9.01. The van der Waals surface area contributed by atoms with Crippen molar-refractivity contribution >= 4 is 16.0 Å². The Bertz CT molecular complexity index is 518. The first kappa shape index (κ1) is 12.1. The van der Waals surface area contributed by atoms with Crippen LogP contribution in [0.5, 0.6) is 0 Å². The fraction of sp³-hybridized carbons (Fsp3) is 0.556. The van der Waals surface area contributed by atoms with Crippen molar-refractivity contribution in [1.29, 1.82) is 0 Å². The van der Waals surface area contributed by atoms with Crippen LogP contribution in [-0.4, -0.2) is 36.2 Å². The van der Waals surface area contributed by atoms with Crippen LogP contribution in [0.25, 0.3) is 0 Å². The number of hydrogen-bond donors (Lipinski definition) is 3. The van der Waals surface area contributed by atoms with Gasteiger partial charge in [0.25, 0.3) is 10.0 Å². The zero-order valence-corrected chi connectivity index (χ0v) is 9.83. The van der Waals surface area contributed by atoms with E-state index in [1.54, 1.807) is 0 Å². The molecule has 0 unspecified atom stereocenters. The molecular weight excluding hydrogens is 246 g/mol. The first-order valence-corrected chi connectivity index (χ1v) is 6.75. The maximum absolute atomic E-state index is 11.8. The summed E-state index contributed by atoms with van der Waals surface area (Å²) < 4.78 is 26.0. The number of nitrogens with one attached hydrogen (secondary N) is 2. The van der Waals surface area contributed by atoms with Gasteiger partial charge in [0.15, 0.2) is 5.03 Å². The van der Waals surface area contributed by atoms with Crippen molar-refractivity contribution in [2.24, 2.45) is 5.92 Å². The zero-order chi connectivity index (χ0) is 12.5. The van der Waals surface area contributed by atoms with Gasteiger partial charge in [-0.15, -0.1) is 0 Å². The second-order valence-electron chi connectivity index (χ2n) is 4.07. The molecular formula is C9H13N3O4S. The Kier molecular flexibility index (Phi) is 3.16. The molecule has 94 valence electrons. The highest BCUT2D eigenvalue weighted by atomic mass is 32.2. The fourth-order valence-electron chi connectivity index (χ4n) is 1.63. The number of aromatic nitrogens is 2. The molecule has 0 aromatic carbocycles. The molecule has 8 heteroatoms. The van der Waals surface area contributed by atoms with Gasteiger partial charge < -0.3 is 5.11 Å². The van der Waals surface area contributed by atoms with E-state index in [2.05, 4.69) is 14.9 Å². The van der Waals surface area contributed by atoms with Gasteiger partial charge in [-0.25, -0.2) is 17.9 Å². The monoisotopic (exact) mass is 259 g/mol. The maximum Gasteiger partial charge on any atom is 0.340 e. The van der Waals surface area contributed by atoms with Crippen molar-refractivity contribution in [2.75, 3.05) is 6.54 Å². The number of sulfonamides is 1. The van der Waals surface area contributed by atoms with E-state index in [9.17, 15) is 13.2 Å². The van der Waals surface area contributed by atoms with E-state index in [4.69, 9.17) is 5.11 Å². The number of H-pyrrole nitrogens is 1. The largest absolute Gasteiger partial charge is 0.478 e. The van der Waals surface area contributed by atoms with Crippen LogP contribution in [0.1, 0.15) is 29.6 Å². The number of carboxylic acids is 1. The predicted molar refractivity (Wildman–Crippen MR) is 58.1 cm³/mol. The molecule has 1 fully saturated rings. The summed E-state index contributed by atoms with van der Waals surface area (Å²) in [5.74, 6) is -0.955. The van der Waals surface area contributed by atoms with Crippen LogP contribution in [0.2, 0.25) is 0 Å². The van der Waals surface area contributed by atoms with Gasteiger partial charge in [-0.1, -0.05) is 6.42 Å². The molecule has 0 bridgehead atoms. The summed E-state index contributed by atoms with van der Waals surface area (Å²) in [6.07, 6.45) is 4.13. The SMILES string of the molecule is O=C(O)c1cn[nH]c1S(=O)(=O)NCC1CCC1. The molecule has 0 saturated heterocycles. The minimum atomic E-state index is -3.81. The van der Waals surface area contributed by atoms with Crippen LogP contribution in [-0.2, 0) is 10.0 Å². The molecule has 17 heavy (non-hydrogen) atoms. The molecule has 1 aliphatic carbocycles. The Balaban J connectivity index is 2.13. The molecule has 0 aliphatic heterocycles. The second-order valence-corrected chi connectivity index (χ2v) is 5.77. The molecule has 1 saturated carbocycles. The van der Waals surface area contributed by atoms with Crippen molar-refractivity contribution in [1.82, 2.24) is 14.9 Å². The van der Waals surface area contributed by atoms with Crippen molar-refractivity contribution in [3.8, 4) is 0 Å². The lowest BCUT2D eigenvalue weighted by Gasteiger charge is -2.25. The van der Waals surface area contributed by atoms with Crippen molar-refractivity contribution in [3.05, 3.63) is 11.8 Å². The van der Waals surface area contributed by atoms with Crippen LogP contribution in [0.4, 0.5) is 0 Å².